The fraction of sp³-hybridized carbons (Fsp3) is 1.00. The summed E-state index contributed by atoms with van der Waals surface area (Å²) < 4.78 is 0. The van der Waals surface area contributed by atoms with Crippen LogP contribution in [0.3, 0.4) is 0 Å². The maximum absolute atomic E-state index is 3.74. The van der Waals surface area contributed by atoms with Crippen molar-refractivity contribution in [3.05, 3.63) is 0 Å². The molecule has 1 saturated carbocycles. The van der Waals surface area contributed by atoms with Crippen LogP contribution < -0.4 is 10.6 Å². The van der Waals surface area contributed by atoms with Gasteiger partial charge in [0.05, 0.1) is 0 Å². The molecule has 0 aromatic carbocycles. The number of hydrogen-bond acceptors (Lipinski definition) is 2. The van der Waals surface area contributed by atoms with E-state index in [1.165, 1.54) is 64.7 Å². The van der Waals surface area contributed by atoms with Crippen LogP contribution in [0.4, 0.5) is 0 Å². The lowest BCUT2D eigenvalue weighted by molar-refractivity contribution is 0.180. The second kappa shape index (κ2) is 5.05. The molecule has 2 N–H and O–H groups in total. The fourth-order valence-electron chi connectivity index (χ4n) is 3.03. The van der Waals surface area contributed by atoms with E-state index in [-0.39, 0.29) is 0 Å². The molecule has 0 aromatic rings. The van der Waals surface area contributed by atoms with Gasteiger partial charge < -0.3 is 10.6 Å². The van der Waals surface area contributed by atoms with Gasteiger partial charge in [0.25, 0.3) is 0 Å². The summed E-state index contributed by atoms with van der Waals surface area (Å²) in [5.41, 5.74) is 1.20. The van der Waals surface area contributed by atoms with E-state index < -0.39 is 0 Å². The van der Waals surface area contributed by atoms with E-state index in [4.69, 9.17) is 0 Å². The number of nitrogens with one attached hydrogen (secondary N) is 2. The summed E-state index contributed by atoms with van der Waals surface area (Å²) in [5, 5.41) is 7.33. The molecule has 1 heterocycles. The molecule has 0 radical (unpaired) electrons. The summed E-state index contributed by atoms with van der Waals surface area (Å²) in [5.74, 6) is 0. The number of hydrogen-bond donors (Lipinski definition) is 2. The molecule has 0 aromatic heterocycles. The zero-order valence-corrected chi connectivity index (χ0v) is 11.1. The van der Waals surface area contributed by atoms with Crippen LogP contribution in [-0.4, -0.2) is 26.2 Å². The SMILES string of the molecule is CCCC1(CNCC2(C)CC2)CCCNC1. The maximum atomic E-state index is 3.74. The van der Waals surface area contributed by atoms with Gasteiger partial charge in [-0.25, -0.2) is 0 Å². The van der Waals surface area contributed by atoms with Crippen LogP contribution in [0.5, 0.6) is 0 Å². The Kier molecular flexibility index (Phi) is 3.91. The number of rotatable bonds is 6. The third-order valence-corrected chi connectivity index (χ3v) is 4.50. The molecule has 1 aliphatic carbocycles. The smallest absolute Gasteiger partial charge is 0.00202 e. The van der Waals surface area contributed by atoms with Crippen molar-refractivity contribution in [2.45, 2.75) is 52.4 Å². The first-order chi connectivity index (χ1) is 7.68. The van der Waals surface area contributed by atoms with Crippen LogP contribution in [0, 0.1) is 10.8 Å². The molecular weight excluding hydrogens is 196 g/mol. The van der Waals surface area contributed by atoms with Crippen molar-refractivity contribution in [1.29, 1.82) is 0 Å². The lowest BCUT2D eigenvalue weighted by Gasteiger charge is -2.38. The highest BCUT2D eigenvalue weighted by Crippen LogP contribution is 2.44. The molecule has 1 saturated heterocycles. The molecule has 16 heavy (non-hydrogen) atoms. The van der Waals surface area contributed by atoms with Gasteiger partial charge in [0.15, 0.2) is 0 Å². The predicted octanol–water partition coefficient (Wildman–Crippen LogP) is 2.55. The monoisotopic (exact) mass is 224 g/mol. The second-order valence-electron chi connectivity index (χ2n) is 6.44. The van der Waals surface area contributed by atoms with Crippen molar-refractivity contribution in [2.75, 3.05) is 26.2 Å². The van der Waals surface area contributed by atoms with Crippen LogP contribution in [0.15, 0.2) is 0 Å². The maximum Gasteiger partial charge on any atom is 0.00202 e. The Balaban J connectivity index is 1.76. The van der Waals surface area contributed by atoms with Gasteiger partial charge in [0.1, 0.15) is 0 Å². The molecule has 1 atom stereocenters. The molecular formula is C14H28N2. The Labute approximate surface area is 101 Å². The van der Waals surface area contributed by atoms with E-state index in [1.54, 1.807) is 0 Å². The summed E-state index contributed by atoms with van der Waals surface area (Å²) in [7, 11) is 0. The summed E-state index contributed by atoms with van der Waals surface area (Å²) in [4.78, 5) is 0. The minimum atomic E-state index is 0.554. The van der Waals surface area contributed by atoms with Crippen LogP contribution in [-0.2, 0) is 0 Å². The molecule has 2 rings (SSSR count). The molecule has 2 heteroatoms. The minimum Gasteiger partial charge on any atom is -0.316 e. The van der Waals surface area contributed by atoms with Gasteiger partial charge in [-0.05, 0) is 49.5 Å². The van der Waals surface area contributed by atoms with Gasteiger partial charge in [-0.1, -0.05) is 20.3 Å². The lowest BCUT2D eigenvalue weighted by Crippen LogP contribution is -2.47. The van der Waals surface area contributed by atoms with Crippen molar-refractivity contribution in [3.63, 3.8) is 0 Å². The summed E-state index contributed by atoms with van der Waals surface area (Å²) in [6.45, 7) is 9.64. The van der Waals surface area contributed by atoms with Crippen molar-refractivity contribution in [1.82, 2.24) is 10.6 Å². The van der Waals surface area contributed by atoms with Gasteiger partial charge >= 0.3 is 0 Å². The highest BCUT2D eigenvalue weighted by molar-refractivity contribution is 4.93. The van der Waals surface area contributed by atoms with E-state index in [0.717, 1.165) is 0 Å². The van der Waals surface area contributed by atoms with Gasteiger partial charge in [0, 0.05) is 19.6 Å². The third-order valence-electron chi connectivity index (χ3n) is 4.50. The molecule has 2 fully saturated rings. The van der Waals surface area contributed by atoms with E-state index in [0.29, 0.717) is 10.8 Å². The second-order valence-corrected chi connectivity index (χ2v) is 6.44. The first kappa shape index (κ1) is 12.4. The highest BCUT2D eigenvalue weighted by Gasteiger charge is 2.38. The van der Waals surface area contributed by atoms with Crippen LogP contribution >= 0.6 is 0 Å². The zero-order chi connectivity index (χ0) is 11.5. The first-order valence-corrected chi connectivity index (χ1v) is 7.10. The molecule has 2 aliphatic rings. The van der Waals surface area contributed by atoms with Crippen LogP contribution in [0.25, 0.3) is 0 Å². The zero-order valence-electron chi connectivity index (χ0n) is 11.1. The summed E-state index contributed by atoms with van der Waals surface area (Å²) >= 11 is 0. The predicted molar refractivity (Wildman–Crippen MR) is 69.7 cm³/mol. The quantitative estimate of drug-likeness (QED) is 0.724. The molecule has 2 nitrogen and oxygen atoms in total. The van der Waals surface area contributed by atoms with Gasteiger partial charge in [0.2, 0.25) is 0 Å². The van der Waals surface area contributed by atoms with E-state index >= 15 is 0 Å². The van der Waals surface area contributed by atoms with E-state index in [1.807, 2.05) is 0 Å². The first-order valence-electron chi connectivity index (χ1n) is 7.10. The average Bonchev–Trinajstić information content (AvgIpc) is 2.98. The Hall–Kier alpha value is -0.0800. The normalized spacial score (nSPS) is 32.6. The average molecular weight is 224 g/mol. The van der Waals surface area contributed by atoms with Crippen LogP contribution in [0.2, 0.25) is 0 Å². The largest absolute Gasteiger partial charge is 0.316 e. The topological polar surface area (TPSA) is 24.1 Å². The number of piperidine rings is 1. The molecule has 0 amide bonds. The van der Waals surface area contributed by atoms with E-state index in [2.05, 4.69) is 24.5 Å². The Morgan fingerprint density at radius 3 is 2.56 bits per heavy atom. The fourth-order valence-corrected chi connectivity index (χ4v) is 3.03. The highest BCUT2D eigenvalue weighted by atomic mass is 15.0. The Morgan fingerprint density at radius 2 is 2.00 bits per heavy atom. The van der Waals surface area contributed by atoms with Gasteiger partial charge in [-0.15, -0.1) is 0 Å². The lowest BCUT2D eigenvalue weighted by atomic mass is 9.77. The molecule has 94 valence electrons. The van der Waals surface area contributed by atoms with Gasteiger partial charge in [-0.2, -0.15) is 0 Å². The molecule has 1 aliphatic heterocycles. The minimum absolute atomic E-state index is 0.554. The Morgan fingerprint density at radius 1 is 1.19 bits per heavy atom. The third kappa shape index (κ3) is 3.21. The van der Waals surface area contributed by atoms with Crippen LogP contribution in [0.1, 0.15) is 52.4 Å². The van der Waals surface area contributed by atoms with Crippen molar-refractivity contribution in [2.24, 2.45) is 10.8 Å². The van der Waals surface area contributed by atoms with Crippen molar-refractivity contribution < 1.29 is 0 Å². The standard InChI is InChI=1S/C14H28N2/c1-3-5-14(6-4-9-15-11-14)12-16-10-13(2)7-8-13/h15-16H,3-12H2,1-2H3. The van der Waals surface area contributed by atoms with Crippen molar-refractivity contribution >= 4 is 0 Å². The Bertz CT molecular complexity index is 209. The summed E-state index contributed by atoms with van der Waals surface area (Å²) in [6, 6.07) is 0. The molecule has 0 spiro atoms. The summed E-state index contributed by atoms with van der Waals surface area (Å²) in [6.07, 6.45) is 8.33. The van der Waals surface area contributed by atoms with Crippen molar-refractivity contribution in [3.8, 4) is 0 Å². The van der Waals surface area contributed by atoms with Gasteiger partial charge in [-0.3, -0.25) is 0 Å². The molecule has 0 bridgehead atoms. The van der Waals surface area contributed by atoms with E-state index in [9.17, 15) is 0 Å². The molecule has 1 unspecified atom stereocenters.